The number of fused-ring (bicyclic) bond motifs is 1. The first kappa shape index (κ1) is 13.5. The molecule has 90 valence electrons. The van der Waals surface area contributed by atoms with Gasteiger partial charge in [0, 0.05) is 6.04 Å². The van der Waals surface area contributed by atoms with Crippen LogP contribution < -0.4 is 0 Å². The molecule has 0 spiro atoms. The molecule has 1 aliphatic carbocycles. The fraction of sp³-hybridized carbons (Fsp3) is 0.571. The lowest BCUT2D eigenvalue weighted by Crippen LogP contribution is -2.40. The Morgan fingerprint density at radius 3 is 2.44 bits per heavy atom. The summed E-state index contributed by atoms with van der Waals surface area (Å²) in [6.07, 6.45) is 2.46. The van der Waals surface area contributed by atoms with Gasteiger partial charge in [0.15, 0.2) is 0 Å². The highest BCUT2D eigenvalue weighted by atomic mass is 35.5. The Kier molecular flexibility index (Phi) is 4.03. The van der Waals surface area contributed by atoms with E-state index in [-0.39, 0.29) is 12.4 Å². The van der Waals surface area contributed by atoms with Crippen molar-refractivity contribution < 1.29 is 0 Å². The van der Waals surface area contributed by atoms with E-state index in [9.17, 15) is 0 Å². The summed E-state index contributed by atoms with van der Waals surface area (Å²) in [7, 11) is 4.38. The molecule has 0 radical (unpaired) electrons. The third kappa shape index (κ3) is 2.41. The summed E-state index contributed by atoms with van der Waals surface area (Å²) < 4.78 is 0. The van der Waals surface area contributed by atoms with Gasteiger partial charge in [0.1, 0.15) is 0 Å². The predicted octanol–water partition coefficient (Wildman–Crippen LogP) is 3.26. The highest BCUT2D eigenvalue weighted by molar-refractivity contribution is 5.85. The van der Waals surface area contributed by atoms with Gasteiger partial charge in [0.25, 0.3) is 0 Å². The van der Waals surface area contributed by atoms with Gasteiger partial charge in [0.05, 0.1) is 0 Å². The average molecular weight is 240 g/mol. The molecule has 0 saturated carbocycles. The Morgan fingerprint density at radius 2 is 1.81 bits per heavy atom. The molecule has 0 N–H and O–H groups in total. The first-order valence-corrected chi connectivity index (χ1v) is 5.75. The van der Waals surface area contributed by atoms with Gasteiger partial charge in [-0.1, -0.05) is 38.1 Å². The van der Waals surface area contributed by atoms with Crippen LogP contribution in [0, 0.1) is 0 Å². The third-order valence-electron chi connectivity index (χ3n) is 3.68. The number of hydrogen-bond acceptors (Lipinski definition) is 1. The second kappa shape index (κ2) is 4.77. The Hall–Kier alpha value is -0.530. The van der Waals surface area contributed by atoms with E-state index in [0.717, 1.165) is 0 Å². The van der Waals surface area contributed by atoms with Crippen molar-refractivity contribution in [1.29, 1.82) is 0 Å². The van der Waals surface area contributed by atoms with E-state index < -0.39 is 0 Å². The molecule has 2 rings (SSSR count). The van der Waals surface area contributed by atoms with Crippen LogP contribution in [0.15, 0.2) is 24.3 Å². The minimum Gasteiger partial charge on any atom is -0.306 e. The average Bonchev–Trinajstić information content (AvgIpc) is 2.16. The van der Waals surface area contributed by atoms with Crippen LogP contribution in [0.3, 0.4) is 0 Å². The van der Waals surface area contributed by atoms with Crippen LogP contribution in [-0.2, 0) is 11.8 Å². The van der Waals surface area contributed by atoms with Gasteiger partial charge >= 0.3 is 0 Å². The Balaban J connectivity index is 0.00000128. The molecule has 0 amide bonds. The maximum atomic E-state index is 2.36. The molecule has 1 aromatic rings. The fourth-order valence-corrected chi connectivity index (χ4v) is 2.75. The number of likely N-dealkylation sites (N-methyl/N-ethyl adjacent to an activating group) is 1. The van der Waals surface area contributed by atoms with Crippen LogP contribution in [0.5, 0.6) is 0 Å². The van der Waals surface area contributed by atoms with Crippen molar-refractivity contribution in [2.24, 2.45) is 0 Å². The lowest BCUT2D eigenvalue weighted by atomic mass is 9.70. The molecule has 1 unspecified atom stereocenters. The molecule has 2 heteroatoms. The number of hydrogen-bond donors (Lipinski definition) is 0. The fourth-order valence-electron chi connectivity index (χ4n) is 2.75. The van der Waals surface area contributed by atoms with Gasteiger partial charge in [-0.15, -0.1) is 12.4 Å². The Labute approximate surface area is 105 Å². The standard InChI is InChI=1S/C14H21N.ClH/c1-14(2)10-12(15(3)4)9-11-7-5-6-8-13(11)14;/h5-8,12H,9-10H2,1-4H3;1H. The largest absolute Gasteiger partial charge is 0.306 e. The highest BCUT2D eigenvalue weighted by Crippen LogP contribution is 2.37. The molecule has 16 heavy (non-hydrogen) atoms. The van der Waals surface area contributed by atoms with Crippen molar-refractivity contribution in [2.45, 2.75) is 38.1 Å². The number of rotatable bonds is 1. The second-order valence-corrected chi connectivity index (χ2v) is 5.57. The van der Waals surface area contributed by atoms with E-state index in [1.807, 2.05) is 0 Å². The second-order valence-electron chi connectivity index (χ2n) is 5.57. The molecule has 1 atom stereocenters. The first-order valence-electron chi connectivity index (χ1n) is 5.75. The van der Waals surface area contributed by atoms with Crippen molar-refractivity contribution in [3.05, 3.63) is 35.4 Å². The third-order valence-corrected chi connectivity index (χ3v) is 3.68. The molecule has 0 saturated heterocycles. The van der Waals surface area contributed by atoms with E-state index in [2.05, 4.69) is 57.1 Å². The number of nitrogens with zero attached hydrogens (tertiary/aromatic N) is 1. The number of halogens is 1. The van der Waals surface area contributed by atoms with Gasteiger partial charge in [-0.25, -0.2) is 0 Å². The predicted molar refractivity (Wildman–Crippen MR) is 72.5 cm³/mol. The van der Waals surface area contributed by atoms with E-state index in [0.29, 0.717) is 11.5 Å². The zero-order valence-electron chi connectivity index (χ0n) is 10.7. The van der Waals surface area contributed by atoms with E-state index >= 15 is 0 Å². The Morgan fingerprint density at radius 1 is 1.19 bits per heavy atom. The smallest absolute Gasteiger partial charge is 0.0138 e. The summed E-state index contributed by atoms with van der Waals surface area (Å²) in [6, 6.07) is 9.59. The summed E-state index contributed by atoms with van der Waals surface area (Å²) in [5, 5.41) is 0. The summed E-state index contributed by atoms with van der Waals surface area (Å²) >= 11 is 0. The molecule has 0 aliphatic heterocycles. The summed E-state index contributed by atoms with van der Waals surface area (Å²) in [4.78, 5) is 2.36. The van der Waals surface area contributed by atoms with Crippen molar-refractivity contribution in [3.8, 4) is 0 Å². The lowest BCUT2D eigenvalue weighted by molar-refractivity contribution is 0.221. The minimum absolute atomic E-state index is 0. The first-order chi connectivity index (χ1) is 7.00. The normalized spacial score (nSPS) is 22.4. The summed E-state index contributed by atoms with van der Waals surface area (Å²) in [5.74, 6) is 0. The summed E-state index contributed by atoms with van der Waals surface area (Å²) in [6.45, 7) is 4.73. The molecular weight excluding hydrogens is 218 g/mol. The van der Waals surface area contributed by atoms with Crippen molar-refractivity contribution in [3.63, 3.8) is 0 Å². The van der Waals surface area contributed by atoms with E-state index in [1.165, 1.54) is 18.4 Å². The zero-order chi connectivity index (χ0) is 11.1. The molecule has 0 aromatic heterocycles. The SMILES string of the molecule is CN(C)C1Cc2ccccc2C(C)(C)C1.Cl. The molecular formula is C14H22ClN. The van der Waals surface area contributed by atoms with Crippen LogP contribution in [0.2, 0.25) is 0 Å². The van der Waals surface area contributed by atoms with Crippen LogP contribution in [-0.4, -0.2) is 25.0 Å². The van der Waals surface area contributed by atoms with Crippen LogP contribution in [0.25, 0.3) is 0 Å². The van der Waals surface area contributed by atoms with Gasteiger partial charge in [-0.3, -0.25) is 0 Å². The minimum atomic E-state index is 0. The Bertz CT molecular complexity index is 358. The molecule has 1 aromatic carbocycles. The zero-order valence-corrected chi connectivity index (χ0v) is 11.5. The topological polar surface area (TPSA) is 3.24 Å². The van der Waals surface area contributed by atoms with Gasteiger partial charge in [0.2, 0.25) is 0 Å². The van der Waals surface area contributed by atoms with Crippen molar-refractivity contribution in [2.75, 3.05) is 14.1 Å². The van der Waals surface area contributed by atoms with Crippen LogP contribution in [0.1, 0.15) is 31.4 Å². The maximum Gasteiger partial charge on any atom is 0.0138 e. The lowest BCUT2D eigenvalue weighted by Gasteiger charge is -2.40. The van der Waals surface area contributed by atoms with Gasteiger partial charge < -0.3 is 4.90 Å². The quantitative estimate of drug-likeness (QED) is 0.727. The molecule has 1 nitrogen and oxygen atoms in total. The van der Waals surface area contributed by atoms with Crippen molar-refractivity contribution in [1.82, 2.24) is 4.90 Å². The highest BCUT2D eigenvalue weighted by Gasteiger charge is 2.33. The van der Waals surface area contributed by atoms with Crippen molar-refractivity contribution >= 4 is 12.4 Å². The maximum absolute atomic E-state index is 2.36. The molecule has 0 heterocycles. The van der Waals surface area contributed by atoms with Crippen LogP contribution in [0.4, 0.5) is 0 Å². The monoisotopic (exact) mass is 239 g/mol. The molecule has 0 bridgehead atoms. The van der Waals surface area contributed by atoms with Crippen LogP contribution >= 0.6 is 12.4 Å². The molecule has 0 fully saturated rings. The van der Waals surface area contributed by atoms with E-state index in [4.69, 9.17) is 0 Å². The summed E-state index contributed by atoms with van der Waals surface area (Å²) in [5.41, 5.74) is 3.40. The van der Waals surface area contributed by atoms with Gasteiger partial charge in [-0.05, 0) is 43.5 Å². The number of benzene rings is 1. The van der Waals surface area contributed by atoms with E-state index in [1.54, 1.807) is 5.56 Å². The van der Waals surface area contributed by atoms with Gasteiger partial charge in [-0.2, -0.15) is 0 Å². The molecule has 1 aliphatic rings.